The van der Waals surface area contributed by atoms with Crippen molar-refractivity contribution in [3.63, 3.8) is 0 Å². The second kappa shape index (κ2) is 4.80. The normalized spacial score (nSPS) is 57.6. The van der Waals surface area contributed by atoms with Crippen LogP contribution in [0.5, 0.6) is 0 Å². The molecule has 0 aromatic rings. The van der Waals surface area contributed by atoms with Gasteiger partial charge in [-0.3, -0.25) is 0 Å². The summed E-state index contributed by atoms with van der Waals surface area (Å²) in [6.45, 7) is 4.41. The van der Waals surface area contributed by atoms with Gasteiger partial charge < -0.3 is 10.2 Å². The molecule has 0 aromatic carbocycles. The first kappa shape index (κ1) is 15.1. The number of hydrogen-bond acceptors (Lipinski definition) is 2. The van der Waals surface area contributed by atoms with E-state index in [-0.39, 0.29) is 11.3 Å². The molecule has 0 bridgehead atoms. The number of rotatable bonds is 0. The van der Waals surface area contributed by atoms with Crippen LogP contribution < -0.4 is 0 Å². The molecule has 4 aliphatic rings. The van der Waals surface area contributed by atoms with Crippen molar-refractivity contribution in [3.05, 3.63) is 11.6 Å². The highest BCUT2D eigenvalue weighted by Gasteiger charge is 2.64. The Morgan fingerprint density at radius 1 is 1.18 bits per heavy atom. The number of fused-ring (bicyclic) bond motifs is 5. The second-order valence-corrected chi connectivity index (χ2v) is 8.81. The third kappa shape index (κ3) is 1.73. The van der Waals surface area contributed by atoms with Gasteiger partial charge in [0.05, 0.1) is 12.2 Å². The van der Waals surface area contributed by atoms with Gasteiger partial charge in [0, 0.05) is 5.41 Å². The van der Waals surface area contributed by atoms with E-state index in [1.54, 1.807) is 5.57 Å². The van der Waals surface area contributed by atoms with Gasteiger partial charge in [-0.1, -0.05) is 31.9 Å². The summed E-state index contributed by atoms with van der Waals surface area (Å²) in [5, 5.41) is 20.9. The standard InChI is InChI=1S/C19H29FO2/c1-18-9-4-3-5-11(18)6-7-12-13(18)8-10-19(2)14(12)16(21)15(20)17(19)22/h6,12-17,21-22H,3-5,7-10H2,1-2H3/t12-,13+,14-,15-,16+,17+,18+,19+/m1/s1. The second-order valence-electron chi connectivity index (χ2n) is 8.81. The van der Waals surface area contributed by atoms with E-state index in [2.05, 4.69) is 13.0 Å². The first-order chi connectivity index (χ1) is 10.4. The maximum absolute atomic E-state index is 14.3. The van der Waals surface area contributed by atoms with Gasteiger partial charge in [-0.15, -0.1) is 0 Å². The van der Waals surface area contributed by atoms with Crippen LogP contribution in [0.1, 0.15) is 58.8 Å². The highest BCUT2D eigenvalue weighted by atomic mass is 19.1. The molecule has 0 spiro atoms. The molecule has 4 aliphatic carbocycles. The largest absolute Gasteiger partial charge is 0.390 e. The highest BCUT2D eigenvalue weighted by Crippen LogP contribution is 2.65. The van der Waals surface area contributed by atoms with Crippen LogP contribution in [0.25, 0.3) is 0 Å². The predicted molar refractivity (Wildman–Crippen MR) is 84.0 cm³/mol. The fraction of sp³-hybridized carbons (Fsp3) is 0.895. The first-order valence-corrected chi connectivity index (χ1v) is 9.09. The molecule has 124 valence electrons. The maximum Gasteiger partial charge on any atom is 0.152 e. The number of alkyl halides is 1. The van der Waals surface area contributed by atoms with E-state index >= 15 is 0 Å². The van der Waals surface area contributed by atoms with Crippen LogP contribution in [0.15, 0.2) is 11.6 Å². The fourth-order valence-electron chi connectivity index (χ4n) is 6.72. The number of allylic oxidation sites excluding steroid dienone is 2. The van der Waals surface area contributed by atoms with E-state index in [1.807, 2.05) is 6.92 Å². The quantitative estimate of drug-likeness (QED) is 0.671. The summed E-state index contributed by atoms with van der Waals surface area (Å²) in [4.78, 5) is 0. The molecule has 0 aliphatic heterocycles. The molecular weight excluding hydrogens is 279 g/mol. The van der Waals surface area contributed by atoms with Gasteiger partial charge in [-0.05, 0) is 61.7 Å². The monoisotopic (exact) mass is 308 g/mol. The lowest BCUT2D eigenvalue weighted by atomic mass is 9.48. The third-order valence-corrected chi connectivity index (χ3v) is 7.99. The van der Waals surface area contributed by atoms with Crippen LogP contribution in [0.2, 0.25) is 0 Å². The summed E-state index contributed by atoms with van der Waals surface area (Å²) in [6, 6.07) is 0. The van der Waals surface area contributed by atoms with Crippen LogP contribution in [0.3, 0.4) is 0 Å². The smallest absolute Gasteiger partial charge is 0.152 e. The number of halogens is 1. The van der Waals surface area contributed by atoms with E-state index in [0.717, 1.165) is 19.3 Å². The zero-order valence-electron chi connectivity index (χ0n) is 13.8. The van der Waals surface area contributed by atoms with Crippen molar-refractivity contribution >= 4 is 0 Å². The van der Waals surface area contributed by atoms with Gasteiger partial charge in [0.25, 0.3) is 0 Å². The van der Waals surface area contributed by atoms with Crippen LogP contribution in [0.4, 0.5) is 4.39 Å². The lowest BCUT2D eigenvalue weighted by Crippen LogP contribution is -2.52. The van der Waals surface area contributed by atoms with Gasteiger partial charge in [0.1, 0.15) is 0 Å². The van der Waals surface area contributed by atoms with Crippen molar-refractivity contribution in [2.24, 2.45) is 28.6 Å². The number of aliphatic hydroxyl groups is 2. The van der Waals surface area contributed by atoms with Gasteiger partial charge in [0.15, 0.2) is 6.17 Å². The summed E-state index contributed by atoms with van der Waals surface area (Å²) in [6.07, 6.45) is 6.86. The summed E-state index contributed by atoms with van der Waals surface area (Å²) < 4.78 is 14.3. The Balaban J connectivity index is 1.73. The van der Waals surface area contributed by atoms with Gasteiger partial charge in [-0.25, -0.2) is 4.39 Å². The summed E-state index contributed by atoms with van der Waals surface area (Å²) >= 11 is 0. The van der Waals surface area contributed by atoms with Crippen molar-refractivity contribution in [2.75, 3.05) is 0 Å². The van der Waals surface area contributed by atoms with E-state index in [4.69, 9.17) is 0 Å². The molecular formula is C19H29FO2. The minimum atomic E-state index is -1.47. The van der Waals surface area contributed by atoms with E-state index < -0.39 is 23.8 Å². The summed E-state index contributed by atoms with van der Waals surface area (Å²) in [5.74, 6) is 0.793. The minimum Gasteiger partial charge on any atom is -0.390 e. The molecule has 2 nitrogen and oxygen atoms in total. The molecule has 3 heteroatoms. The van der Waals surface area contributed by atoms with Crippen molar-refractivity contribution < 1.29 is 14.6 Å². The number of hydrogen-bond donors (Lipinski definition) is 2. The SMILES string of the molecule is C[C@]12CC[C@H]3[C@@H](CC=C4CCCC[C@@]43C)[C@@H]1[C@H](O)[C@@H](F)[C@@H]2O. The molecule has 0 saturated heterocycles. The van der Waals surface area contributed by atoms with Crippen molar-refractivity contribution in [3.8, 4) is 0 Å². The van der Waals surface area contributed by atoms with Crippen molar-refractivity contribution in [1.29, 1.82) is 0 Å². The molecule has 0 radical (unpaired) electrons. The zero-order valence-corrected chi connectivity index (χ0v) is 13.8. The predicted octanol–water partition coefficient (Wildman–Crippen LogP) is 3.62. The molecule has 0 aromatic heterocycles. The Hall–Kier alpha value is -0.410. The Morgan fingerprint density at radius 2 is 1.95 bits per heavy atom. The van der Waals surface area contributed by atoms with Crippen molar-refractivity contribution in [1.82, 2.24) is 0 Å². The molecule has 0 heterocycles. The first-order valence-electron chi connectivity index (χ1n) is 9.09. The van der Waals surface area contributed by atoms with Crippen LogP contribution >= 0.6 is 0 Å². The Labute approximate surface area is 132 Å². The lowest BCUT2D eigenvalue weighted by molar-refractivity contribution is -0.0861. The van der Waals surface area contributed by atoms with Gasteiger partial charge in [-0.2, -0.15) is 0 Å². The van der Waals surface area contributed by atoms with Crippen LogP contribution in [-0.4, -0.2) is 28.6 Å². The molecule has 22 heavy (non-hydrogen) atoms. The molecule has 3 fully saturated rings. The Bertz CT molecular complexity index is 504. The highest BCUT2D eigenvalue weighted by molar-refractivity contribution is 5.25. The minimum absolute atomic E-state index is 0.0900. The summed E-state index contributed by atoms with van der Waals surface area (Å²) in [7, 11) is 0. The molecule has 3 saturated carbocycles. The Kier molecular flexibility index (Phi) is 3.30. The topological polar surface area (TPSA) is 40.5 Å². The molecule has 4 rings (SSSR count). The van der Waals surface area contributed by atoms with E-state index in [9.17, 15) is 14.6 Å². The number of aliphatic hydroxyl groups excluding tert-OH is 2. The molecule has 8 atom stereocenters. The van der Waals surface area contributed by atoms with Gasteiger partial charge in [0.2, 0.25) is 0 Å². The van der Waals surface area contributed by atoms with E-state index in [0.29, 0.717) is 11.8 Å². The molecule has 0 amide bonds. The zero-order chi connectivity index (χ0) is 15.7. The fourth-order valence-corrected chi connectivity index (χ4v) is 6.72. The van der Waals surface area contributed by atoms with Gasteiger partial charge >= 0.3 is 0 Å². The lowest BCUT2D eigenvalue weighted by Gasteiger charge is -2.57. The third-order valence-electron chi connectivity index (χ3n) is 7.99. The average molecular weight is 308 g/mol. The maximum atomic E-state index is 14.3. The average Bonchev–Trinajstić information content (AvgIpc) is 2.68. The Morgan fingerprint density at radius 3 is 2.73 bits per heavy atom. The van der Waals surface area contributed by atoms with Crippen molar-refractivity contribution in [2.45, 2.75) is 77.2 Å². The molecule has 0 unspecified atom stereocenters. The molecule has 2 N–H and O–H groups in total. The van der Waals surface area contributed by atoms with Crippen LogP contribution in [-0.2, 0) is 0 Å². The van der Waals surface area contributed by atoms with E-state index in [1.165, 1.54) is 25.7 Å². The van der Waals surface area contributed by atoms with Crippen LogP contribution in [0, 0.1) is 28.6 Å². The summed E-state index contributed by atoms with van der Waals surface area (Å²) in [5.41, 5.74) is 1.42.